The Morgan fingerprint density at radius 2 is 1.92 bits per heavy atom. The van der Waals surface area contributed by atoms with Crippen LogP contribution in [0.5, 0.6) is 0 Å². The number of halogens is 1. The molecule has 0 aliphatic carbocycles. The van der Waals surface area contributed by atoms with Crippen LogP contribution in [0.2, 0.25) is 0 Å². The summed E-state index contributed by atoms with van der Waals surface area (Å²) in [5.41, 5.74) is 0. The topological polar surface area (TPSA) is 52.6 Å². The van der Waals surface area contributed by atoms with Gasteiger partial charge in [0, 0.05) is 0 Å². The predicted octanol–water partition coefficient (Wildman–Crippen LogP) is 0.576. The van der Waals surface area contributed by atoms with Crippen molar-refractivity contribution in [3.8, 4) is 0 Å². The molecule has 0 amide bonds. The van der Waals surface area contributed by atoms with Gasteiger partial charge in [0.1, 0.15) is 5.83 Å². The first kappa shape index (κ1) is 10.6. The molecule has 0 aromatic carbocycles. The van der Waals surface area contributed by atoms with Crippen molar-refractivity contribution in [2.75, 3.05) is 14.2 Å². The van der Waals surface area contributed by atoms with E-state index in [0.717, 1.165) is 14.2 Å². The SMILES string of the molecule is COC(=O)/C=C(\F)CC(=O)OC. The lowest BCUT2D eigenvalue weighted by Crippen LogP contribution is -2.02. The number of carbonyl (C=O) groups excluding carboxylic acids is 2. The van der Waals surface area contributed by atoms with Crippen molar-refractivity contribution in [3.05, 3.63) is 11.9 Å². The van der Waals surface area contributed by atoms with Crippen LogP contribution in [0, 0.1) is 0 Å². The number of ether oxygens (including phenoxy) is 2. The third-order valence-corrected chi connectivity index (χ3v) is 1.02. The van der Waals surface area contributed by atoms with Crippen molar-refractivity contribution in [1.29, 1.82) is 0 Å². The fraction of sp³-hybridized carbons (Fsp3) is 0.429. The summed E-state index contributed by atoms with van der Waals surface area (Å²) in [6.45, 7) is 0. The summed E-state index contributed by atoms with van der Waals surface area (Å²) >= 11 is 0. The molecule has 0 N–H and O–H groups in total. The van der Waals surface area contributed by atoms with Gasteiger partial charge in [-0.2, -0.15) is 0 Å². The van der Waals surface area contributed by atoms with E-state index >= 15 is 0 Å². The molecule has 4 nitrogen and oxygen atoms in total. The van der Waals surface area contributed by atoms with E-state index in [9.17, 15) is 14.0 Å². The van der Waals surface area contributed by atoms with Gasteiger partial charge >= 0.3 is 11.9 Å². The van der Waals surface area contributed by atoms with Gasteiger partial charge < -0.3 is 9.47 Å². The number of esters is 2. The Hall–Kier alpha value is -1.39. The van der Waals surface area contributed by atoms with Gasteiger partial charge in [0.2, 0.25) is 0 Å². The van der Waals surface area contributed by atoms with Gasteiger partial charge in [-0.25, -0.2) is 9.18 Å². The highest BCUT2D eigenvalue weighted by Gasteiger charge is 2.06. The molecule has 0 saturated heterocycles. The predicted molar refractivity (Wildman–Crippen MR) is 37.8 cm³/mol. The maximum atomic E-state index is 12.5. The second kappa shape index (κ2) is 5.29. The van der Waals surface area contributed by atoms with Crippen molar-refractivity contribution >= 4 is 11.9 Å². The van der Waals surface area contributed by atoms with E-state index < -0.39 is 24.2 Å². The molecule has 0 aromatic heterocycles. The van der Waals surface area contributed by atoms with Gasteiger partial charge in [-0.15, -0.1) is 0 Å². The van der Waals surface area contributed by atoms with Gasteiger partial charge in [0.25, 0.3) is 0 Å². The molecule has 0 bridgehead atoms. The zero-order chi connectivity index (χ0) is 9.56. The molecule has 0 rings (SSSR count). The van der Waals surface area contributed by atoms with E-state index in [1.165, 1.54) is 0 Å². The van der Waals surface area contributed by atoms with Crippen molar-refractivity contribution in [2.45, 2.75) is 6.42 Å². The van der Waals surface area contributed by atoms with Crippen LogP contribution in [-0.4, -0.2) is 26.2 Å². The zero-order valence-electron chi connectivity index (χ0n) is 6.80. The third kappa shape index (κ3) is 4.43. The smallest absolute Gasteiger partial charge is 0.333 e. The lowest BCUT2D eigenvalue weighted by molar-refractivity contribution is -0.140. The quantitative estimate of drug-likeness (QED) is 0.466. The molecule has 12 heavy (non-hydrogen) atoms. The Labute approximate surface area is 69.0 Å². The molecule has 0 aliphatic rings. The molecule has 0 aromatic rings. The van der Waals surface area contributed by atoms with Crippen LogP contribution in [0.1, 0.15) is 6.42 Å². The molecule has 0 radical (unpaired) electrons. The van der Waals surface area contributed by atoms with Crippen LogP contribution >= 0.6 is 0 Å². The molecular formula is C7H9FO4. The highest BCUT2D eigenvalue weighted by atomic mass is 19.1. The summed E-state index contributed by atoms with van der Waals surface area (Å²) in [6, 6.07) is 0. The van der Waals surface area contributed by atoms with Crippen LogP contribution in [-0.2, 0) is 19.1 Å². The van der Waals surface area contributed by atoms with Gasteiger partial charge in [0.05, 0.1) is 26.7 Å². The minimum atomic E-state index is -0.881. The van der Waals surface area contributed by atoms with Crippen molar-refractivity contribution in [1.82, 2.24) is 0 Å². The first-order valence-electron chi connectivity index (χ1n) is 3.11. The summed E-state index contributed by atoms with van der Waals surface area (Å²) in [5.74, 6) is -2.46. The summed E-state index contributed by atoms with van der Waals surface area (Å²) in [6.07, 6.45) is 0.0442. The first-order chi connectivity index (χ1) is 5.60. The molecule has 0 saturated carbocycles. The van der Waals surface area contributed by atoms with Crippen LogP contribution in [0.4, 0.5) is 4.39 Å². The van der Waals surface area contributed by atoms with Crippen molar-refractivity contribution < 1.29 is 23.5 Å². The molecule has 5 heteroatoms. The van der Waals surface area contributed by atoms with Crippen LogP contribution in [0.25, 0.3) is 0 Å². The van der Waals surface area contributed by atoms with E-state index in [-0.39, 0.29) is 0 Å². The second-order valence-electron chi connectivity index (χ2n) is 1.87. The molecule has 0 atom stereocenters. The van der Waals surface area contributed by atoms with Gasteiger partial charge in [-0.05, 0) is 0 Å². The summed E-state index contributed by atoms with van der Waals surface area (Å²) in [4.78, 5) is 20.8. The zero-order valence-corrected chi connectivity index (χ0v) is 6.80. The Bertz CT molecular complexity index is 209. The third-order valence-electron chi connectivity index (χ3n) is 1.02. The van der Waals surface area contributed by atoms with Crippen LogP contribution < -0.4 is 0 Å². The van der Waals surface area contributed by atoms with Crippen LogP contribution in [0.3, 0.4) is 0 Å². The van der Waals surface area contributed by atoms with E-state index in [0.29, 0.717) is 6.08 Å². The average Bonchev–Trinajstić information content (AvgIpc) is 2.03. The monoisotopic (exact) mass is 176 g/mol. The average molecular weight is 176 g/mol. The van der Waals surface area contributed by atoms with E-state index in [1.54, 1.807) is 0 Å². The standard InChI is InChI=1S/C7H9FO4/c1-11-6(9)3-5(8)4-7(10)12-2/h3H,4H2,1-2H3/b5-3-. The van der Waals surface area contributed by atoms with E-state index in [1.807, 2.05) is 0 Å². The Balaban J connectivity index is 4.02. The molecule has 0 aliphatic heterocycles. The second-order valence-corrected chi connectivity index (χ2v) is 1.87. The highest BCUT2D eigenvalue weighted by molar-refractivity contribution is 5.83. The highest BCUT2D eigenvalue weighted by Crippen LogP contribution is 2.03. The van der Waals surface area contributed by atoms with Crippen molar-refractivity contribution in [2.24, 2.45) is 0 Å². The molecular weight excluding hydrogens is 167 g/mol. The Morgan fingerprint density at radius 1 is 1.33 bits per heavy atom. The summed E-state index contributed by atoms with van der Waals surface area (Å²) in [7, 11) is 2.25. The number of hydrogen-bond donors (Lipinski definition) is 0. The largest absolute Gasteiger partial charge is 0.469 e. The molecule has 0 unspecified atom stereocenters. The van der Waals surface area contributed by atoms with Gasteiger partial charge in [-0.1, -0.05) is 0 Å². The molecule has 0 fully saturated rings. The van der Waals surface area contributed by atoms with E-state index in [4.69, 9.17) is 0 Å². The number of carbonyl (C=O) groups is 2. The Morgan fingerprint density at radius 3 is 2.33 bits per heavy atom. The minimum Gasteiger partial charge on any atom is -0.469 e. The lowest BCUT2D eigenvalue weighted by atomic mass is 10.3. The maximum Gasteiger partial charge on any atom is 0.333 e. The fourth-order valence-electron chi connectivity index (χ4n) is 0.448. The lowest BCUT2D eigenvalue weighted by Gasteiger charge is -1.95. The molecule has 68 valence electrons. The minimum absolute atomic E-state index is 0.550. The van der Waals surface area contributed by atoms with Gasteiger partial charge in [0.15, 0.2) is 0 Å². The molecule has 0 spiro atoms. The Kier molecular flexibility index (Phi) is 4.67. The summed E-state index contributed by atoms with van der Waals surface area (Å²) in [5, 5.41) is 0. The number of hydrogen-bond acceptors (Lipinski definition) is 4. The van der Waals surface area contributed by atoms with Crippen molar-refractivity contribution in [3.63, 3.8) is 0 Å². The number of rotatable bonds is 3. The van der Waals surface area contributed by atoms with Gasteiger partial charge in [-0.3, -0.25) is 4.79 Å². The van der Waals surface area contributed by atoms with E-state index in [2.05, 4.69) is 9.47 Å². The molecule has 0 heterocycles. The summed E-state index contributed by atoms with van der Waals surface area (Å²) < 4.78 is 20.8. The number of methoxy groups -OCH3 is 2. The fourth-order valence-corrected chi connectivity index (χ4v) is 0.448. The first-order valence-corrected chi connectivity index (χ1v) is 3.11. The normalized spacial score (nSPS) is 10.8. The maximum absolute atomic E-state index is 12.5. The van der Waals surface area contributed by atoms with Crippen LogP contribution in [0.15, 0.2) is 11.9 Å².